The first-order valence-electron chi connectivity index (χ1n) is 5.16. The van der Waals surface area contributed by atoms with Crippen molar-refractivity contribution in [1.82, 2.24) is 15.1 Å². The van der Waals surface area contributed by atoms with Gasteiger partial charge >= 0.3 is 0 Å². The lowest BCUT2D eigenvalue weighted by Gasteiger charge is -2.10. The summed E-state index contributed by atoms with van der Waals surface area (Å²) >= 11 is 0. The van der Waals surface area contributed by atoms with Crippen LogP contribution in [0.4, 0.5) is 0 Å². The molecule has 0 unspecified atom stereocenters. The Kier molecular flexibility index (Phi) is 1.70. The third kappa shape index (κ3) is 1.10. The van der Waals surface area contributed by atoms with E-state index in [1.165, 1.54) is 12.8 Å². The third-order valence-electron chi connectivity index (χ3n) is 2.98. The SMILES string of the molecule is O=Cc1c2c(nn1C1CC1)CCNC2. The molecule has 1 fully saturated rings. The number of hydrogen-bond acceptors (Lipinski definition) is 3. The van der Waals surface area contributed by atoms with Crippen LogP contribution in [-0.2, 0) is 13.0 Å². The molecular formula is C10H13N3O. The van der Waals surface area contributed by atoms with Crippen LogP contribution < -0.4 is 5.32 Å². The second-order valence-corrected chi connectivity index (χ2v) is 4.03. The maximum absolute atomic E-state index is 11.0. The highest BCUT2D eigenvalue weighted by Crippen LogP contribution is 2.36. The van der Waals surface area contributed by atoms with Crippen LogP contribution in [0, 0.1) is 0 Å². The summed E-state index contributed by atoms with van der Waals surface area (Å²) in [6.45, 7) is 1.78. The molecule has 0 atom stereocenters. The number of nitrogens with one attached hydrogen (secondary N) is 1. The Morgan fingerprint density at radius 1 is 1.50 bits per heavy atom. The monoisotopic (exact) mass is 191 g/mol. The van der Waals surface area contributed by atoms with Crippen molar-refractivity contribution in [2.75, 3.05) is 6.54 Å². The smallest absolute Gasteiger partial charge is 0.168 e. The maximum atomic E-state index is 11.0. The molecule has 0 aromatic carbocycles. The Morgan fingerprint density at radius 3 is 3.07 bits per heavy atom. The van der Waals surface area contributed by atoms with E-state index in [4.69, 9.17) is 0 Å². The first-order chi connectivity index (χ1) is 6.90. The van der Waals surface area contributed by atoms with E-state index in [1.54, 1.807) is 0 Å². The zero-order valence-electron chi connectivity index (χ0n) is 7.99. The lowest BCUT2D eigenvalue weighted by molar-refractivity contribution is 0.111. The van der Waals surface area contributed by atoms with Crippen molar-refractivity contribution in [3.05, 3.63) is 17.0 Å². The van der Waals surface area contributed by atoms with E-state index >= 15 is 0 Å². The van der Waals surface area contributed by atoms with E-state index in [2.05, 4.69) is 10.4 Å². The van der Waals surface area contributed by atoms with Gasteiger partial charge in [-0.25, -0.2) is 0 Å². The van der Waals surface area contributed by atoms with Gasteiger partial charge in [-0.1, -0.05) is 0 Å². The van der Waals surface area contributed by atoms with E-state index in [0.29, 0.717) is 6.04 Å². The van der Waals surface area contributed by atoms with Crippen molar-refractivity contribution in [1.29, 1.82) is 0 Å². The molecule has 2 aliphatic rings. The fourth-order valence-electron chi connectivity index (χ4n) is 2.07. The summed E-state index contributed by atoms with van der Waals surface area (Å²) in [5.41, 5.74) is 3.05. The predicted molar refractivity (Wildman–Crippen MR) is 51.3 cm³/mol. The molecule has 74 valence electrons. The first-order valence-corrected chi connectivity index (χ1v) is 5.16. The molecule has 1 N–H and O–H groups in total. The molecule has 0 spiro atoms. The standard InChI is InChI=1S/C10H13N3O/c14-6-10-8-5-11-4-3-9(8)12-13(10)7-1-2-7/h6-7,11H,1-5H2. The number of aldehydes is 1. The molecule has 1 aliphatic heterocycles. The number of nitrogens with zero attached hydrogens (tertiary/aromatic N) is 2. The highest BCUT2D eigenvalue weighted by molar-refractivity contribution is 5.75. The average Bonchev–Trinajstić information content (AvgIpc) is 2.99. The molecule has 0 radical (unpaired) electrons. The normalized spacial score (nSPS) is 20.6. The summed E-state index contributed by atoms with van der Waals surface area (Å²) in [4.78, 5) is 11.0. The maximum Gasteiger partial charge on any atom is 0.168 e. The van der Waals surface area contributed by atoms with Gasteiger partial charge in [0.05, 0.1) is 11.7 Å². The second kappa shape index (κ2) is 2.92. The molecule has 14 heavy (non-hydrogen) atoms. The minimum atomic E-state index is 0.501. The van der Waals surface area contributed by atoms with Crippen LogP contribution in [0.25, 0.3) is 0 Å². The van der Waals surface area contributed by atoms with Crippen LogP contribution in [-0.4, -0.2) is 22.6 Å². The zero-order valence-corrected chi connectivity index (χ0v) is 7.99. The molecule has 1 aromatic heterocycles. The summed E-state index contributed by atoms with van der Waals surface area (Å²) in [7, 11) is 0. The van der Waals surface area contributed by atoms with Crippen LogP contribution in [0.3, 0.4) is 0 Å². The molecule has 2 heterocycles. The highest BCUT2D eigenvalue weighted by atomic mass is 16.1. The quantitative estimate of drug-likeness (QED) is 0.699. The molecule has 4 heteroatoms. The van der Waals surface area contributed by atoms with Gasteiger partial charge in [0, 0.05) is 25.1 Å². The number of hydrogen-bond donors (Lipinski definition) is 1. The highest BCUT2D eigenvalue weighted by Gasteiger charge is 2.30. The van der Waals surface area contributed by atoms with Gasteiger partial charge in [0.1, 0.15) is 5.69 Å². The van der Waals surface area contributed by atoms with Crippen molar-refractivity contribution in [2.45, 2.75) is 31.8 Å². The van der Waals surface area contributed by atoms with Gasteiger partial charge in [-0.05, 0) is 12.8 Å². The predicted octanol–water partition coefficient (Wildman–Crippen LogP) is 0.676. The third-order valence-corrected chi connectivity index (χ3v) is 2.98. The Bertz CT molecular complexity index is 379. The van der Waals surface area contributed by atoms with Crippen LogP contribution in [0.2, 0.25) is 0 Å². The Balaban J connectivity index is 2.11. The number of rotatable bonds is 2. The van der Waals surface area contributed by atoms with Crippen molar-refractivity contribution in [3.8, 4) is 0 Å². The van der Waals surface area contributed by atoms with Gasteiger partial charge < -0.3 is 5.32 Å². The number of carbonyl (C=O) groups is 1. The van der Waals surface area contributed by atoms with Gasteiger partial charge in [-0.15, -0.1) is 0 Å². The average molecular weight is 191 g/mol. The number of fused-ring (bicyclic) bond motifs is 1. The van der Waals surface area contributed by atoms with Gasteiger partial charge in [-0.2, -0.15) is 5.10 Å². The van der Waals surface area contributed by atoms with Crippen molar-refractivity contribution in [2.24, 2.45) is 0 Å². The van der Waals surface area contributed by atoms with Gasteiger partial charge in [-0.3, -0.25) is 9.48 Å². The molecule has 1 saturated carbocycles. The van der Waals surface area contributed by atoms with Crippen molar-refractivity contribution < 1.29 is 4.79 Å². The second-order valence-electron chi connectivity index (χ2n) is 4.03. The molecule has 4 nitrogen and oxygen atoms in total. The van der Waals surface area contributed by atoms with Crippen LogP contribution in [0.1, 0.15) is 40.6 Å². The lowest BCUT2D eigenvalue weighted by atomic mass is 10.1. The lowest BCUT2D eigenvalue weighted by Crippen LogP contribution is -2.23. The summed E-state index contributed by atoms with van der Waals surface area (Å²) in [6.07, 6.45) is 4.26. The van der Waals surface area contributed by atoms with E-state index in [-0.39, 0.29) is 0 Å². The van der Waals surface area contributed by atoms with Gasteiger partial charge in [0.15, 0.2) is 6.29 Å². The van der Waals surface area contributed by atoms with Crippen LogP contribution in [0.5, 0.6) is 0 Å². The van der Waals surface area contributed by atoms with Crippen molar-refractivity contribution >= 4 is 6.29 Å². The van der Waals surface area contributed by atoms with Crippen molar-refractivity contribution in [3.63, 3.8) is 0 Å². The molecule has 0 amide bonds. The van der Waals surface area contributed by atoms with E-state index in [1.807, 2.05) is 4.68 Å². The van der Waals surface area contributed by atoms with E-state index in [0.717, 1.165) is 42.7 Å². The number of carbonyl (C=O) groups excluding carboxylic acids is 1. The fraction of sp³-hybridized carbons (Fsp3) is 0.600. The fourth-order valence-corrected chi connectivity index (χ4v) is 2.07. The summed E-state index contributed by atoms with van der Waals surface area (Å²) in [5, 5.41) is 7.81. The summed E-state index contributed by atoms with van der Waals surface area (Å²) in [6, 6.07) is 0.501. The van der Waals surface area contributed by atoms with Crippen LogP contribution in [0.15, 0.2) is 0 Å². The van der Waals surface area contributed by atoms with Gasteiger partial charge in [0.2, 0.25) is 0 Å². The minimum absolute atomic E-state index is 0.501. The summed E-state index contributed by atoms with van der Waals surface area (Å²) < 4.78 is 1.94. The van der Waals surface area contributed by atoms with Gasteiger partial charge in [0.25, 0.3) is 0 Å². The minimum Gasteiger partial charge on any atom is -0.312 e. The molecule has 1 aromatic rings. The first kappa shape index (κ1) is 8.17. The topological polar surface area (TPSA) is 46.9 Å². The van der Waals surface area contributed by atoms with Crippen LogP contribution >= 0.6 is 0 Å². The largest absolute Gasteiger partial charge is 0.312 e. The molecular weight excluding hydrogens is 178 g/mol. The summed E-state index contributed by atoms with van der Waals surface area (Å²) in [5.74, 6) is 0. The Labute approximate surface area is 82.3 Å². The van der Waals surface area contributed by atoms with E-state index < -0.39 is 0 Å². The van der Waals surface area contributed by atoms with E-state index in [9.17, 15) is 4.79 Å². The Morgan fingerprint density at radius 2 is 2.36 bits per heavy atom. The zero-order chi connectivity index (χ0) is 9.54. The molecule has 3 rings (SSSR count). The molecule has 1 aliphatic carbocycles. The molecule has 0 bridgehead atoms. The molecule has 0 saturated heterocycles. The number of aromatic nitrogens is 2. The Hall–Kier alpha value is -1.16.